The second-order valence-corrected chi connectivity index (χ2v) is 5.82. The lowest BCUT2D eigenvalue weighted by Gasteiger charge is -2.26. The maximum atomic E-state index is 5.94. The first-order chi connectivity index (χ1) is 10.7. The molecule has 0 amide bonds. The van der Waals surface area contributed by atoms with Gasteiger partial charge in [-0.2, -0.15) is 0 Å². The van der Waals surface area contributed by atoms with E-state index in [0.29, 0.717) is 0 Å². The van der Waals surface area contributed by atoms with Gasteiger partial charge in [-0.3, -0.25) is 4.90 Å². The number of anilines is 1. The quantitative estimate of drug-likeness (QED) is 0.936. The van der Waals surface area contributed by atoms with Gasteiger partial charge in [0.2, 0.25) is 0 Å². The lowest BCUT2D eigenvalue weighted by Crippen LogP contribution is -2.33. The van der Waals surface area contributed by atoms with E-state index >= 15 is 0 Å². The summed E-state index contributed by atoms with van der Waals surface area (Å²) in [6, 6.07) is 9.97. The van der Waals surface area contributed by atoms with E-state index in [1.165, 1.54) is 11.1 Å². The fraction of sp³-hybridized carbons (Fsp3) is 0.294. The minimum Gasteiger partial charge on any atom is -0.357 e. The molecule has 4 nitrogen and oxygen atoms in total. The van der Waals surface area contributed by atoms with Crippen molar-refractivity contribution in [2.24, 2.45) is 0 Å². The molecule has 1 aliphatic heterocycles. The van der Waals surface area contributed by atoms with Gasteiger partial charge in [0, 0.05) is 24.3 Å². The summed E-state index contributed by atoms with van der Waals surface area (Å²) >= 11 is 5.94. The molecule has 0 fully saturated rings. The number of rotatable bonds is 4. The Morgan fingerprint density at radius 1 is 1.23 bits per heavy atom. The van der Waals surface area contributed by atoms with Crippen molar-refractivity contribution in [1.29, 1.82) is 0 Å². The van der Waals surface area contributed by atoms with Gasteiger partial charge in [0.25, 0.3) is 0 Å². The molecule has 2 aromatic rings. The SMILES string of the molecule is Cc1nccc(NCN2CC=C(c3ccc(Cl)cc3)CC2)n1. The first-order valence-electron chi connectivity index (χ1n) is 7.41. The summed E-state index contributed by atoms with van der Waals surface area (Å²) in [6.45, 7) is 4.66. The number of halogens is 1. The number of nitrogens with zero attached hydrogens (tertiary/aromatic N) is 3. The van der Waals surface area contributed by atoms with Crippen LogP contribution in [0.3, 0.4) is 0 Å². The zero-order valence-corrected chi connectivity index (χ0v) is 13.3. The third-order valence-corrected chi connectivity index (χ3v) is 4.02. The molecule has 5 heteroatoms. The van der Waals surface area contributed by atoms with Crippen molar-refractivity contribution in [3.63, 3.8) is 0 Å². The zero-order chi connectivity index (χ0) is 15.4. The molecule has 0 atom stereocenters. The summed E-state index contributed by atoms with van der Waals surface area (Å²) in [4.78, 5) is 10.8. The van der Waals surface area contributed by atoms with Gasteiger partial charge in [-0.15, -0.1) is 0 Å². The van der Waals surface area contributed by atoms with Crippen LogP contribution in [0.2, 0.25) is 5.02 Å². The Kier molecular flexibility index (Phi) is 4.71. The van der Waals surface area contributed by atoms with Crippen molar-refractivity contribution in [3.8, 4) is 0 Å². The summed E-state index contributed by atoms with van der Waals surface area (Å²) < 4.78 is 0. The average Bonchev–Trinajstić information content (AvgIpc) is 2.54. The number of nitrogens with one attached hydrogen (secondary N) is 1. The molecule has 0 unspecified atom stereocenters. The van der Waals surface area contributed by atoms with Gasteiger partial charge in [-0.05, 0) is 42.7 Å². The number of aryl methyl sites for hydroxylation is 1. The molecule has 1 N–H and O–H groups in total. The Bertz CT molecular complexity index is 667. The van der Waals surface area contributed by atoms with Crippen molar-refractivity contribution in [2.75, 3.05) is 25.1 Å². The molecular weight excluding hydrogens is 296 g/mol. The summed E-state index contributed by atoms with van der Waals surface area (Å²) in [5.41, 5.74) is 2.66. The van der Waals surface area contributed by atoms with Crippen LogP contribution in [0.5, 0.6) is 0 Å². The van der Waals surface area contributed by atoms with Gasteiger partial charge in [-0.25, -0.2) is 9.97 Å². The summed E-state index contributed by atoms with van der Waals surface area (Å²) in [5, 5.41) is 4.13. The Balaban J connectivity index is 1.55. The highest BCUT2D eigenvalue weighted by Gasteiger charge is 2.12. The molecular formula is C17H19ClN4. The van der Waals surface area contributed by atoms with Gasteiger partial charge in [-0.1, -0.05) is 29.8 Å². The molecule has 2 heterocycles. The molecule has 22 heavy (non-hydrogen) atoms. The van der Waals surface area contributed by atoms with Crippen LogP contribution in [-0.2, 0) is 0 Å². The fourth-order valence-corrected chi connectivity index (χ4v) is 2.65. The topological polar surface area (TPSA) is 41.1 Å². The van der Waals surface area contributed by atoms with E-state index in [1.54, 1.807) is 6.20 Å². The molecule has 114 valence electrons. The molecule has 0 saturated carbocycles. The largest absolute Gasteiger partial charge is 0.357 e. The van der Waals surface area contributed by atoms with E-state index in [1.807, 2.05) is 25.1 Å². The predicted molar refractivity (Wildman–Crippen MR) is 90.9 cm³/mol. The molecule has 0 radical (unpaired) electrons. The molecule has 0 bridgehead atoms. The maximum Gasteiger partial charge on any atom is 0.130 e. The van der Waals surface area contributed by atoms with Crippen LogP contribution in [0.4, 0.5) is 5.82 Å². The smallest absolute Gasteiger partial charge is 0.130 e. The molecule has 3 rings (SSSR count). The van der Waals surface area contributed by atoms with Crippen LogP contribution < -0.4 is 5.32 Å². The second kappa shape index (κ2) is 6.90. The van der Waals surface area contributed by atoms with E-state index in [4.69, 9.17) is 11.6 Å². The second-order valence-electron chi connectivity index (χ2n) is 5.39. The first kappa shape index (κ1) is 15.0. The van der Waals surface area contributed by atoms with Crippen LogP contribution in [0, 0.1) is 6.92 Å². The molecule has 1 aromatic heterocycles. The number of aromatic nitrogens is 2. The van der Waals surface area contributed by atoms with E-state index in [2.05, 4.69) is 38.4 Å². The summed E-state index contributed by atoms with van der Waals surface area (Å²) in [6.07, 6.45) is 5.12. The van der Waals surface area contributed by atoms with Crippen molar-refractivity contribution < 1.29 is 0 Å². The number of hydrogen-bond acceptors (Lipinski definition) is 4. The van der Waals surface area contributed by atoms with Crippen molar-refractivity contribution in [1.82, 2.24) is 14.9 Å². The minimum atomic E-state index is 0.783. The van der Waals surface area contributed by atoms with E-state index in [-0.39, 0.29) is 0 Å². The van der Waals surface area contributed by atoms with Gasteiger partial charge >= 0.3 is 0 Å². The predicted octanol–water partition coefficient (Wildman–Crippen LogP) is 3.60. The van der Waals surface area contributed by atoms with Crippen LogP contribution in [0.1, 0.15) is 17.8 Å². The maximum absolute atomic E-state index is 5.94. The van der Waals surface area contributed by atoms with Crippen LogP contribution >= 0.6 is 11.6 Å². The molecule has 1 aliphatic rings. The molecule has 0 aliphatic carbocycles. The third-order valence-electron chi connectivity index (χ3n) is 3.77. The Morgan fingerprint density at radius 3 is 2.73 bits per heavy atom. The molecule has 1 aromatic carbocycles. The number of benzene rings is 1. The van der Waals surface area contributed by atoms with Crippen molar-refractivity contribution in [2.45, 2.75) is 13.3 Å². The molecule has 0 spiro atoms. The Morgan fingerprint density at radius 2 is 2.05 bits per heavy atom. The van der Waals surface area contributed by atoms with Gasteiger partial charge in [0.15, 0.2) is 0 Å². The highest BCUT2D eigenvalue weighted by atomic mass is 35.5. The number of hydrogen-bond donors (Lipinski definition) is 1. The summed E-state index contributed by atoms with van der Waals surface area (Å²) in [5.74, 6) is 1.66. The van der Waals surface area contributed by atoms with Crippen LogP contribution in [-0.4, -0.2) is 34.6 Å². The van der Waals surface area contributed by atoms with Crippen molar-refractivity contribution in [3.05, 3.63) is 59.0 Å². The monoisotopic (exact) mass is 314 g/mol. The Labute approximate surface area is 135 Å². The lowest BCUT2D eigenvalue weighted by atomic mass is 10.00. The highest BCUT2D eigenvalue weighted by molar-refractivity contribution is 6.30. The lowest BCUT2D eigenvalue weighted by molar-refractivity contribution is 0.323. The zero-order valence-electron chi connectivity index (χ0n) is 12.6. The standard InChI is InChI=1S/C17H19ClN4/c1-13-19-9-6-17(21-13)20-12-22-10-7-15(8-11-22)14-2-4-16(18)5-3-14/h2-7,9H,8,10-12H2,1H3,(H,19,20,21). The van der Waals surface area contributed by atoms with E-state index in [9.17, 15) is 0 Å². The minimum absolute atomic E-state index is 0.783. The first-order valence-corrected chi connectivity index (χ1v) is 7.79. The molecule has 0 saturated heterocycles. The van der Waals surface area contributed by atoms with E-state index < -0.39 is 0 Å². The third kappa shape index (κ3) is 3.84. The van der Waals surface area contributed by atoms with Crippen LogP contribution in [0.25, 0.3) is 5.57 Å². The van der Waals surface area contributed by atoms with Gasteiger partial charge in [0.05, 0.1) is 6.67 Å². The Hall–Kier alpha value is -1.91. The van der Waals surface area contributed by atoms with Gasteiger partial charge < -0.3 is 5.32 Å². The van der Waals surface area contributed by atoms with Gasteiger partial charge in [0.1, 0.15) is 11.6 Å². The van der Waals surface area contributed by atoms with E-state index in [0.717, 1.165) is 42.8 Å². The normalized spacial score (nSPS) is 15.5. The fourth-order valence-electron chi connectivity index (χ4n) is 2.53. The van der Waals surface area contributed by atoms with Crippen LogP contribution in [0.15, 0.2) is 42.6 Å². The average molecular weight is 315 g/mol. The summed E-state index contributed by atoms with van der Waals surface area (Å²) in [7, 11) is 0. The van der Waals surface area contributed by atoms with Crippen molar-refractivity contribution >= 4 is 23.0 Å². The highest BCUT2D eigenvalue weighted by Crippen LogP contribution is 2.23.